The molecule has 0 heterocycles. The van der Waals surface area contributed by atoms with Crippen molar-refractivity contribution in [3.8, 4) is 0 Å². The molecule has 2 rings (SSSR count). The Labute approximate surface area is 112 Å². The second-order valence-corrected chi connectivity index (χ2v) is 6.93. The molecule has 0 atom stereocenters. The third-order valence-electron chi connectivity index (χ3n) is 5.15. The number of hydrogen-bond acceptors (Lipinski definition) is 3. The molecule has 0 aliphatic heterocycles. The van der Waals surface area contributed by atoms with Gasteiger partial charge in [-0.05, 0) is 53.2 Å². The summed E-state index contributed by atoms with van der Waals surface area (Å²) in [5.41, 5.74) is -0.0377. The van der Waals surface area contributed by atoms with E-state index in [-0.39, 0.29) is 0 Å². The van der Waals surface area contributed by atoms with E-state index in [1.54, 1.807) is 0 Å². The maximum absolute atomic E-state index is 10.6. The van der Waals surface area contributed by atoms with Crippen LogP contribution in [0.4, 0.5) is 0 Å². The van der Waals surface area contributed by atoms with E-state index in [1.807, 2.05) is 0 Å². The molecule has 1 N–H and O–H groups in total. The van der Waals surface area contributed by atoms with Crippen LogP contribution in [0.25, 0.3) is 0 Å². The quantitative estimate of drug-likeness (QED) is 0.814. The van der Waals surface area contributed by atoms with Crippen LogP contribution in [0, 0.1) is 0 Å². The highest BCUT2D eigenvalue weighted by atomic mass is 16.3. The minimum absolute atomic E-state index is 0.375. The standard InChI is InChI=1S/C15H30N2O/c1-16(2)14(8-7-9-14)12-17(3)13-15(18)10-5-4-6-11-15/h18H,4-13H2,1-3H3. The summed E-state index contributed by atoms with van der Waals surface area (Å²) in [4.78, 5) is 4.75. The molecule has 2 saturated carbocycles. The number of nitrogens with zero attached hydrogens (tertiary/aromatic N) is 2. The van der Waals surface area contributed by atoms with Crippen LogP contribution >= 0.6 is 0 Å². The van der Waals surface area contributed by atoms with Crippen LogP contribution in [0.2, 0.25) is 0 Å². The molecule has 0 aromatic heterocycles. The Balaban J connectivity index is 1.86. The Hall–Kier alpha value is -0.120. The fourth-order valence-corrected chi connectivity index (χ4v) is 3.76. The van der Waals surface area contributed by atoms with E-state index in [9.17, 15) is 5.11 Å². The molecule has 18 heavy (non-hydrogen) atoms. The molecule has 2 fully saturated rings. The van der Waals surface area contributed by atoms with Gasteiger partial charge in [-0.3, -0.25) is 0 Å². The molecular weight excluding hydrogens is 224 g/mol. The summed E-state index contributed by atoms with van der Waals surface area (Å²) in [5.74, 6) is 0. The van der Waals surface area contributed by atoms with Crippen molar-refractivity contribution < 1.29 is 5.11 Å². The minimum atomic E-state index is -0.412. The van der Waals surface area contributed by atoms with Crippen LogP contribution in [0.15, 0.2) is 0 Å². The highest BCUT2D eigenvalue weighted by Crippen LogP contribution is 2.37. The number of hydrogen-bond donors (Lipinski definition) is 1. The van der Waals surface area contributed by atoms with Crippen molar-refractivity contribution in [3.05, 3.63) is 0 Å². The lowest BCUT2D eigenvalue weighted by atomic mass is 9.75. The van der Waals surface area contributed by atoms with Crippen molar-refractivity contribution in [2.45, 2.75) is 62.5 Å². The average Bonchev–Trinajstić information content (AvgIpc) is 2.23. The fraction of sp³-hybridized carbons (Fsp3) is 1.00. The maximum atomic E-state index is 10.6. The molecule has 3 heteroatoms. The summed E-state index contributed by atoms with van der Waals surface area (Å²) in [6.45, 7) is 1.95. The third-order valence-corrected chi connectivity index (χ3v) is 5.15. The molecule has 2 aliphatic rings. The summed E-state index contributed by atoms with van der Waals surface area (Å²) >= 11 is 0. The van der Waals surface area contributed by atoms with Crippen LogP contribution in [0.3, 0.4) is 0 Å². The predicted molar refractivity (Wildman–Crippen MR) is 75.8 cm³/mol. The van der Waals surface area contributed by atoms with E-state index in [2.05, 4.69) is 30.9 Å². The summed E-state index contributed by atoms with van der Waals surface area (Å²) in [6, 6.07) is 0. The molecule has 0 spiro atoms. The van der Waals surface area contributed by atoms with E-state index in [4.69, 9.17) is 0 Å². The van der Waals surface area contributed by atoms with Crippen LogP contribution in [-0.2, 0) is 0 Å². The number of aliphatic hydroxyl groups is 1. The van der Waals surface area contributed by atoms with Gasteiger partial charge in [-0.25, -0.2) is 0 Å². The highest BCUT2D eigenvalue weighted by molar-refractivity contribution is 4.98. The Kier molecular flexibility index (Phi) is 4.35. The molecule has 0 unspecified atom stereocenters. The third kappa shape index (κ3) is 3.06. The van der Waals surface area contributed by atoms with Crippen molar-refractivity contribution >= 4 is 0 Å². The van der Waals surface area contributed by atoms with Gasteiger partial charge in [0.05, 0.1) is 5.60 Å². The zero-order valence-corrected chi connectivity index (χ0v) is 12.4. The summed E-state index contributed by atoms with van der Waals surface area (Å²) in [7, 11) is 6.57. The van der Waals surface area contributed by atoms with Crippen LogP contribution in [-0.4, -0.2) is 60.3 Å². The summed E-state index contributed by atoms with van der Waals surface area (Å²) in [6.07, 6.45) is 9.65. The Morgan fingerprint density at radius 3 is 1.89 bits per heavy atom. The van der Waals surface area contributed by atoms with Gasteiger partial charge in [0.25, 0.3) is 0 Å². The van der Waals surface area contributed by atoms with Crippen molar-refractivity contribution in [2.75, 3.05) is 34.2 Å². The first-order valence-corrected chi connectivity index (χ1v) is 7.54. The van der Waals surface area contributed by atoms with Crippen molar-refractivity contribution in [1.29, 1.82) is 0 Å². The van der Waals surface area contributed by atoms with Gasteiger partial charge in [-0.1, -0.05) is 19.3 Å². The zero-order valence-electron chi connectivity index (χ0n) is 12.4. The lowest BCUT2D eigenvalue weighted by molar-refractivity contribution is -0.0417. The lowest BCUT2D eigenvalue weighted by Gasteiger charge is -2.50. The van der Waals surface area contributed by atoms with E-state index in [1.165, 1.54) is 38.5 Å². The van der Waals surface area contributed by atoms with Gasteiger partial charge >= 0.3 is 0 Å². The van der Waals surface area contributed by atoms with Crippen LogP contribution < -0.4 is 0 Å². The van der Waals surface area contributed by atoms with E-state index in [0.29, 0.717) is 5.54 Å². The molecule has 0 aromatic rings. The second-order valence-electron chi connectivity index (χ2n) is 6.93. The van der Waals surface area contributed by atoms with E-state index in [0.717, 1.165) is 25.9 Å². The largest absolute Gasteiger partial charge is 0.389 e. The van der Waals surface area contributed by atoms with E-state index < -0.39 is 5.60 Å². The molecule has 0 amide bonds. The van der Waals surface area contributed by atoms with Crippen LogP contribution in [0.1, 0.15) is 51.4 Å². The Bertz CT molecular complexity index is 268. The van der Waals surface area contributed by atoms with Crippen molar-refractivity contribution in [1.82, 2.24) is 9.80 Å². The normalized spacial score (nSPS) is 26.3. The molecule has 0 saturated heterocycles. The summed E-state index contributed by atoms with van der Waals surface area (Å²) < 4.78 is 0. The minimum Gasteiger partial charge on any atom is -0.389 e. The predicted octanol–water partition coefficient (Wildman–Crippen LogP) is 2.10. The van der Waals surface area contributed by atoms with Gasteiger partial charge < -0.3 is 14.9 Å². The van der Waals surface area contributed by atoms with Gasteiger partial charge in [-0.2, -0.15) is 0 Å². The average molecular weight is 254 g/mol. The molecule has 0 aromatic carbocycles. The SMILES string of the molecule is CN(CC1(O)CCCCC1)CC1(N(C)C)CCC1. The van der Waals surface area contributed by atoms with Gasteiger partial charge in [0.1, 0.15) is 0 Å². The van der Waals surface area contributed by atoms with Crippen molar-refractivity contribution in [3.63, 3.8) is 0 Å². The zero-order chi connectivity index (χ0) is 13.2. The molecule has 106 valence electrons. The monoisotopic (exact) mass is 254 g/mol. The van der Waals surface area contributed by atoms with E-state index >= 15 is 0 Å². The van der Waals surface area contributed by atoms with Crippen molar-refractivity contribution in [2.24, 2.45) is 0 Å². The highest BCUT2D eigenvalue weighted by Gasteiger charge is 2.41. The summed E-state index contributed by atoms with van der Waals surface area (Å²) in [5, 5.41) is 10.6. The second kappa shape index (κ2) is 5.48. The first-order chi connectivity index (χ1) is 8.46. The molecule has 0 radical (unpaired) electrons. The molecule has 2 aliphatic carbocycles. The van der Waals surface area contributed by atoms with Gasteiger partial charge in [0.2, 0.25) is 0 Å². The Morgan fingerprint density at radius 2 is 1.44 bits per heavy atom. The molecular formula is C15H30N2O. The number of likely N-dealkylation sites (N-methyl/N-ethyl adjacent to an activating group) is 2. The van der Waals surface area contributed by atoms with Gasteiger partial charge in [-0.15, -0.1) is 0 Å². The lowest BCUT2D eigenvalue weighted by Crippen LogP contribution is -2.58. The Morgan fingerprint density at radius 1 is 0.833 bits per heavy atom. The smallest absolute Gasteiger partial charge is 0.0774 e. The molecule has 0 bridgehead atoms. The first-order valence-electron chi connectivity index (χ1n) is 7.54. The number of rotatable bonds is 5. The topological polar surface area (TPSA) is 26.7 Å². The first kappa shape index (κ1) is 14.3. The fourth-order valence-electron chi connectivity index (χ4n) is 3.76. The van der Waals surface area contributed by atoms with Gasteiger partial charge in [0.15, 0.2) is 0 Å². The van der Waals surface area contributed by atoms with Crippen LogP contribution in [0.5, 0.6) is 0 Å². The maximum Gasteiger partial charge on any atom is 0.0774 e. The van der Waals surface area contributed by atoms with Gasteiger partial charge in [0, 0.05) is 18.6 Å². The molecule has 3 nitrogen and oxygen atoms in total.